The molecule has 0 radical (unpaired) electrons. The smallest absolute Gasteiger partial charge is 0.273 e. The Morgan fingerprint density at radius 1 is 1.35 bits per heavy atom. The van der Waals surface area contributed by atoms with Gasteiger partial charge in [-0.2, -0.15) is 5.10 Å². The number of anilines is 1. The van der Waals surface area contributed by atoms with E-state index >= 15 is 0 Å². The quantitative estimate of drug-likeness (QED) is 0.745. The van der Waals surface area contributed by atoms with E-state index in [9.17, 15) is 4.79 Å². The van der Waals surface area contributed by atoms with Crippen LogP contribution in [0.15, 0.2) is 10.7 Å². The number of morpholine rings is 1. The SMILES string of the molecule is Cc1nn(C)c(C)c1CN(C)C(=O)c1nc(N2CCOCC2)ncc1Br. The highest BCUT2D eigenvalue weighted by molar-refractivity contribution is 9.10. The second kappa shape index (κ2) is 7.71. The Bertz CT molecular complexity index is 816. The summed E-state index contributed by atoms with van der Waals surface area (Å²) in [7, 11) is 3.68. The van der Waals surface area contributed by atoms with Crippen molar-refractivity contribution in [2.24, 2.45) is 7.05 Å². The Balaban J connectivity index is 1.81. The number of amides is 1. The van der Waals surface area contributed by atoms with Crippen LogP contribution in [0.5, 0.6) is 0 Å². The molecule has 0 unspecified atom stereocenters. The Labute approximate surface area is 161 Å². The van der Waals surface area contributed by atoms with Crippen LogP contribution in [0.25, 0.3) is 0 Å². The number of nitrogens with zero attached hydrogens (tertiary/aromatic N) is 6. The van der Waals surface area contributed by atoms with Gasteiger partial charge in [0.2, 0.25) is 5.95 Å². The Hall–Kier alpha value is -2.00. The minimum Gasteiger partial charge on any atom is -0.378 e. The number of rotatable bonds is 4. The van der Waals surface area contributed by atoms with Crippen molar-refractivity contribution in [3.05, 3.63) is 33.3 Å². The largest absolute Gasteiger partial charge is 0.378 e. The molecule has 26 heavy (non-hydrogen) atoms. The third-order valence-electron chi connectivity index (χ3n) is 4.63. The highest BCUT2D eigenvalue weighted by Gasteiger charge is 2.22. The fourth-order valence-electron chi connectivity index (χ4n) is 2.96. The average molecular weight is 423 g/mol. The van der Waals surface area contributed by atoms with Crippen LogP contribution in [0.3, 0.4) is 0 Å². The third-order valence-corrected chi connectivity index (χ3v) is 5.21. The molecule has 0 saturated carbocycles. The van der Waals surface area contributed by atoms with Crippen molar-refractivity contribution in [3.8, 4) is 0 Å². The van der Waals surface area contributed by atoms with Gasteiger partial charge in [0, 0.05) is 51.2 Å². The Morgan fingerprint density at radius 3 is 2.65 bits per heavy atom. The van der Waals surface area contributed by atoms with Crippen molar-refractivity contribution in [1.29, 1.82) is 0 Å². The van der Waals surface area contributed by atoms with E-state index < -0.39 is 0 Å². The van der Waals surface area contributed by atoms with Crippen LogP contribution >= 0.6 is 15.9 Å². The van der Waals surface area contributed by atoms with Crippen LogP contribution in [-0.4, -0.2) is 63.9 Å². The summed E-state index contributed by atoms with van der Waals surface area (Å²) >= 11 is 3.41. The van der Waals surface area contributed by atoms with Gasteiger partial charge in [-0.1, -0.05) is 0 Å². The summed E-state index contributed by atoms with van der Waals surface area (Å²) in [6, 6.07) is 0. The molecule has 140 valence electrons. The van der Waals surface area contributed by atoms with Gasteiger partial charge >= 0.3 is 0 Å². The first kappa shape index (κ1) is 18.8. The fourth-order valence-corrected chi connectivity index (χ4v) is 3.32. The molecule has 0 bridgehead atoms. The van der Waals surface area contributed by atoms with Crippen LogP contribution < -0.4 is 4.90 Å². The predicted octanol–water partition coefficient (Wildman–Crippen LogP) is 1.70. The zero-order chi connectivity index (χ0) is 18.8. The van der Waals surface area contributed by atoms with E-state index in [1.165, 1.54) is 0 Å². The summed E-state index contributed by atoms with van der Waals surface area (Å²) in [5.74, 6) is 0.401. The molecule has 1 saturated heterocycles. The summed E-state index contributed by atoms with van der Waals surface area (Å²) in [6.07, 6.45) is 1.64. The van der Waals surface area contributed by atoms with Crippen molar-refractivity contribution in [2.75, 3.05) is 38.3 Å². The molecule has 1 aliphatic rings. The van der Waals surface area contributed by atoms with Crippen molar-refractivity contribution < 1.29 is 9.53 Å². The fraction of sp³-hybridized carbons (Fsp3) is 0.529. The molecule has 0 N–H and O–H groups in total. The number of ether oxygens (including phenoxy) is 1. The molecule has 0 atom stereocenters. The molecule has 2 aromatic heterocycles. The first-order chi connectivity index (χ1) is 12.4. The van der Waals surface area contributed by atoms with Gasteiger partial charge in [-0.05, 0) is 29.8 Å². The maximum atomic E-state index is 13.0. The summed E-state index contributed by atoms with van der Waals surface area (Å²) in [6.45, 7) is 7.17. The van der Waals surface area contributed by atoms with E-state index in [1.54, 1.807) is 18.1 Å². The van der Waals surface area contributed by atoms with Gasteiger partial charge in [0.15, 0.2) is 0 Å². The summed E-state index contributed by atoms with van der Waals surface area (Å²) in [4.78, 5) is 25.5. The molecule has 0 aliphatic carbocycles. The van der Waals surface area contributed by atoms with Crippen molar-refractivity contribution in [2.45, 2.75) is 20.4 Å². The standard InChI is InChI=1S/C17H23BrN6O2/c1-11-13(12(2)23(4)21-11)10-22(3)16(25)15-14(18)9-19-17(20-15)24-5-7-26-8-6-24/h9H,5-8,10H2,1-4H3. The lowest BCUT2D eigenvalue weighted by atomic mass is 10.2. The molecular formula is C17H23BrN6O2. The number of aryl methyl sites for hydroxylation is 2. The monoisotopic (exact) mass is 422 g/mol. The van der Waals surface area contributed by atoms with Gasteiger partial charge in [-0.15, -0.1) is 0 Å². The van der Waals surface area contributed by atoms with Gasteiger partial charge in [0.25, 0.3) is 5.91 Å². The highest BCUT2D eigenvalue weighted by atomic mass is 79.9. The molecule has 1 fully saturated rings. The second-order valence-corrected chi connectivity index (χ2v) is 7.25. The average Bonchev–Trinajstić information content (AvgIpc) is 2.88. The van der Waals surface area contributed by atoms with E-state index in [1.807, 2.05) is 30.5 Å². The van der Waals surface area contributed by atoms with E-state index in [4.69, 9.17) is 4.74 Å². The number of hydrogen-bond donors (Lipinski definition) is 0. The van der Waals surface area contributed by atoms with Gasteiger partial charge in [-0.25, -0.2) is 9.97 Å². The summed E-state index contributed by atoms with van der Waals surface area (Å²) in [5, 5.41) is 4.41. The molecule has 8 nitrogen and oxygen atoms in total. The lowest BCUT2D eigenvalue weighted by Crippen LogP contribution is -2.38. The van der Waals surface area contributed by atoms with Crippen molar-refractivity contribution in [3.63, 3.8) is 0 Å². The van der Waals surface area contributed by atoms with E-state index in [2.05, 4.69) is 31.0 Å². The van der Waals surface area contributed by atoms with E-state index in [0.29, 0.717) is 35.9 Å². The normalized spacial score (nSPS) is 14.6. The lowest BCUT2D eigenvalue weighted by Gasteiger charge is -2.27. The van der Waals surface area contributed by atoms with Crippen LogP contribution in [0.4, 0.5) is 5.95 Å². The van der Waals surface area contributed by atoms with Gasteiger partial charge in [-0.3, -0.25) is 9.48 Å². The number of hydrogen-bond acceptors (Lipinski definition) is 6. The zero-order valence-corrected chi connectivity index (χ0v) is 17.1. The molecule has 9 heteroatoms. The van der Waals surface area contributed by atoms with E-state index in [-0.39, 0.29) is 5.91 Å². The van der Waals surface area contributed by atoms with Crippen LogP contribution in [-0.2, 0) is 18.3 Å². The molecule has 0 spiro atoms. The minimum atomic E-state index is -0.156. The van der Waals surface area contributed by atoms with Crippen molar-refractivity contribution >= 4 is 27.8 Å². The molecule has 3 heterocycles. The molecular weight excluding hydrogens is 400 g/mol. The predicted molar refractivity (Wildman–Crippen MR) is 101 cm³/mol. The van der Waals surface area contributed by atoms with Crippen LogP contribution in [0.2, 0.25) is 0 Å². The lowest BCUT2D eigenvalue weighted by molar-refractivity contribution is 0.0777. The van der Waals surface area contributed by atoms with Gasteiger partial charge in [0.1, 0.15) is 5.69 Å². The second-order valence-electron chi connectivity index (χ2n) is 6.40. The number of carbonyl (C=O) groups excluding carboxylic acids is 1. The highest BCUT2D eigenvalue weighted by Crippen LogP contribution is 2.21. The zero-order valence-electron chi connectivity index (χ0n) is 15.5. The first-order valence-electron chi connectivity index (χ1n) is 8.48. The number of aromatic nitrogens is 4. The van der Waals surface area contributed by atoms with Gasteiger partial charge < -0.3 is 14.5 Å². The molecule has 1 aliphatic heterocycles. The molecule has 0 aromatic carbocycles. The summed E-state index contributed by atoms with van der Waals surface area (Å²) in [5.41, 5.74) is 3.41. The topological polar surface area (TPSA) is 76.4 Å². The first-order valence-corrected chi connectivity index (χ1v) is 9.27. The Morgan fingerprint density at radius 2 is 2.04 bits per heavy atom. The third kappa shape index (κ3) is 3.73. The van der Waals surface area contributed by atoms with Crippen LogP contribution in [0, 0.1) is 13.8 Å². The molecule has 3 rings (SSSR count). The maximum absolute atomic E-state index is 13.0. The maximum Gasteiger partial charge on any atom is 0.273 e. The molecule has 2 aromatic rings. The van der Waals surface area contributed by atoms with Crippen LogP contribution in [0.1, 0.15) is 27.4 Å². The minimum absolute atomic E-state index is 0.156. The molecule has 1 amide bonds. The Kier molecular flexibility index (Phi) is 5.57. The van der Waals surface area contributed by atoms with Gasteiger partial charge in [0.05, 0.1) is 23.4 Å². The van der Waals surface area contributed by atoms with E-state index in [0.717, 1.165) is 30.0 Å². The number of carbonyl (C=O) groups is 1. The van der Waals surface area contributed by atoms with Crippen molar-refractivity contribution in [1.82, 2.24) is 24.6 Å². The number of halogens is 1. The summed E-state index contributed by atoms with van der Waals surface area (Å²) < 4.78 is 7.78.